The Kier molecular flexibility index (Phi) is 6.55. The lowest BCUT2D eigenvalue weighted by atomic mass is 9.89. The highest BCUT2D eigenvalue weighted by Gasteiger charge is 2.58. The van der Waals surface area contributed by atoms with Crippen molar-refractivity contribution in [2.75, 3.05) is 17.2 Å². The van der Waals surface area contributed by atoms with E-state index in [0.717, 1.165) is 0 Å². The number of thioether (sulfide) groups is 1. The molecule has 0 spiro atoms. The predicted molar refractivity (Wildman–Crippen MR) is 127 cm³/mol. The van der Waals surface area contributed by atoms with Crippen molar-refractivity contribution < 1.29 is 24.0 Å². The fourth-order valence-corrected chi connectivity index (χ4v) is 5.74. The summed E-state index contributed by atoms with van der Waals surface area (Å²) < 4.78 is 5.47. The van der Waals surface area contributed by atoms with Gasteiger partial charge in [0.05, 0.1) is 10.3 Å². The van der Waals surface area contributed by atoms with E-state index in [1.165, 1.54) is 47.9 Å². The first-order chi connectivity index (χ1) is 16.1. The highest BCUT2D eigenvalue weighted by molar-refractivity contribution is 8.00. The zero-order valence-electron chi connectivity index (χ0n) is 18.5. The zero-order valence-corrected chi connectivity index (χ0v) is 20.0. The Balaban J connectivity index is 1.41. The summed E-state index contributed by atoms with van der Waals surface area (Å²) in [6.45, 7) is 3.33. The number of carbonyl (C=O) groups is 3. The molecule has 11 heteroatoms. The van der Waals surface area contributed by atoms with E-state index >= 15 is 0 Å². The fraction of sp³-hybridized carbons (Fsp3) is 0.348. The van der Waals surface area contributed by atoms with Gasteiger partial charge in [0.25, 0.3) is 5.69 Å². The number of nitro groups is 1. The van der Waals surface area contributed by atoms with Crippen LogP contribution >= 0.6 is 23.4 Å². The van der Waals surface area contributed by atoms with E-state index in [2.05, 4.69) is 0 Å². The average Bonchev–Trinajstić information content (AvgIpc) is 2.81. The van der Waals surface area contributed by atoms with Gasteiger partial charge in [-0.1, -0.05) is 11.6 Å². The SMILES string of the molecule is CC(=O)N(c1ccc(Cl)cc1)C1C(=O)N2CC(C)(C(=O)OCc3ccc([N+](=O)[O-])cc3)CS[C@H]12. The number of anilines is 1. The van der Waals surface area contributed by atoms with Crippen LogP contribution in [0.4, 0.5) is 11.4 Å². The Hall–Kier alpha value is -3.11. The number of hydrogen-bond donors (Lipinski definition) is 0. The molecule has 2 heterocycles. The molecule has 9 nitrogen and oxygen atoms in total. The van der Waals surface area contributed by atoms with Gasteiger partial charge in [-0.2, -0.15) is 0 Å². The average molecular weight is 504 g/mol. The molecule has 178 valence electrons. The number of fused-ring (bicyclic) bond motifs is 1. The Labute approximate surface area is 205 Å². The number of carbonyl (C=O) groups excluding carboxylic acids is 3. The monoisotopic (exact) mass is 503 g/mol. The fourth-order valence-electron chi connectivity index (χ4n) is 4.08. The summed E-state index contributed by atoms with van der Waals surface area (Å²) in [6.07, 6.45) is 0. The molecule has 0 saturated carbocycles. The van der Waals surface area contributed by atoms with Crippen LogP contribution in [0.25, 0.3) is 0 Å². The van der Waals surface area contributed by atoms with Gasteiger partial charge in [-0.3, -0.25) is 29.4 Å². The van der Waals surface area contributed by atoms with Crippen molar-refractivity contribution in [3.05, 3.63) is 69.2 Å². The lowest BCUT2D eigenvalue weighted by molar-refractivity contribution is -0.384. The van der Waals surface area contributed by atoms with E-state index in [4.69, 9.17) is 16.3 Å². The highest BCUT2D eigenvalue weighted by Crippen LogP contribution is 2.45. The van der Waals surface area contributed by atoms with Gasteiger partial charge in [0, 0.05) is 42.1 Å². The Morgan fingerprint density at radius 3 is 2.47 bits per heavy atom. The third-order valence-corrected chi connectivity index (χ3v) is 7.85. The Morgan fingerprint density at radius 1 is 1.24 bits per heavy atom. The van der Waals surface area contributed by atoms with Crippen molar-refractivity contribution in [3.8, 4) is 0 Å². The van der Waals surface area contributed by atoms with Crippen LogP contribution in [-0.2, 0) is 25.7 Å². The molecule has 2 aliphatic heterocycles. The summed E-state index contributed by atoms with van der Waals surface area (Å²) in [5.74, 6) is -0.508. The third-order valence-electron chi connectivity index (χ3n) is 5.94. The molecule has 4 rings (SSSR count). The molecule has 2 unspecified atom stereocenters. The molecule has 2 fully saturated rings. The summed E-state index contributed by atoms with van der Waals surface area (Å²) in [6, 6.07) is 11.9. The number of non-ortho nitro benzene ring substituents is 1. The summed E-state index contributed by atoms with van der Waals surface area (Å²) in [4.78, 5) is 51.7. The number of rotatable bonds is 6. The molecule has 0 bridgehead atoms. The van der Waals surface area contributed by atoms with Crippen LogP contribution in [0, 0.1) is 15.5 Å². The van der Waals surface area contributed by atoms with Crippen molar-refractivity contribution >= 4 is 52.5 Å². The predicted octanol–water partition coefficient (Wildman–Crippen LogP) is 3.63. The number of nitrogens with zero attached hydrogens (tertiary/aromatic N) is 3. The van der Waals surface area contributed by atoms with Gasteiger partial charge in [0.2, 0.25) is 11.8 Å². The van der Waals surface area contributed by atoms with E-state index < -0.39 is 22.3 Å². The minimum Gasteiger partial charge on any atom is -0.460 e. The molecular weight excluding hydrogens is 482 g/mol. The molecule has 2 aromatic carbocycles. The highest BCUT2D eigenvalue weighted by atomic mass is 35.5. The summed E-state index contributed by atoms with van der Waals surface area (Å²) in [5, 5.41) is 11.0. The molecule has 2 aromatic rings. The number of hydrogen-bond acceptors (Lipinski definition) is 7. The zero-order chi connectivity index (χ0) is 24.6. The van der Waals surface area contributed by atoms with Gasteiger partial charge < -0.3 is 9.64 Å². The maximum atomic E-state index is 13.0. The first-order valence-electron chi connectivity index (χ1n) is 10.5. The molecule has 2 amide bonds. The molecule has 2 aliphatic rings. The van der Waals surface area contributed by atoms with Crippen molar-refractivity contribution in [2.45, 2.75) is 31.9 Å². The number of esters is 1. The van der Waals surface area contributed by atoms with E-state index in [9.17, 15) is 24.5 Å². The van der Waals surface area contributed by atoms with Gasteiger partial charge in [0.15, 0.2) is 0 Å². The molecule has 0 aliphatic carbocycles. The standard InChI is InChI=1S/C23H22ClN3O6S/c1-14(28)26(17-9-5-16(24)6-10-17)19-20(29)25-12-23(2,13-34-21(19)25)22(30)33-11-15-3-7-18(8-4-15)27(31)32/h3-10,19,21H,11-13H2,1-2H3/t19?,21-,23?/m1/s1. The lowest BCUT2D eigenvalue weighted by Crippen LogP contribution is -2.74. The van der Waals surface area contributed by atoms with E-state index in [1.807, 2.05) is 0 Å². The smallest absolute Gasteiger partial charge is 0.314 e. The van der Waals surface area contributed by atoms with Crippen LogP contribution in [0.2, 0.25) is 5.02 Å². The molecule has 3 atom stereocenters. The third kappa shape index (κ3) is 4.47. The van der Waals surface area contributed by atoms with Crippen LogP contribution in [0.3, 0.4) is 0 Å². The van der Waals surface area contributed by atoms with Crippen molar-refractivity contribution in [3.63, 3.8) is 0 Å². The number of benzene rings is 2. The van der Waals surface area contributed by atoms with Crippen LogP contribution < -0.4 is 4.90 Å². The van der Waals surface area contributed by atoms with Crippen molar-refractivity contribution in [1.82, 2.24) is 4.90 Å². The molecule has 0 N–H and O–H groups in total. The summed E-state index contributed by atoms with van der Waals surface area (Å²) in [5.41, 5.74) is 0.264. The van der Waals surface area contributed by atoms with E-state index in [1.54, 1.807) is 36.1 Å². The van der Waals surface area contributed by atoms with Crippen LogP contribution in [0.1, 0.15) is 19.4 Å². The van der Waals surface area contributed by atoms with E-state index in [0.29, 0.717) is 22.0 Å². The largest absolute Gasteiger partial charge is 0.460 e. The van der Waals surface area contributed by atoms with Crippen LogP contribution in [-0.4, -0.2) is 51.3 Å². The van der Waals surface area contributed by atoms with Crippen LogP contribution in [0.15, 0.2) is 48.5 Å². The van der Waals surface area contributed by atoms with Gasteiger partial charge in [-0.15, -0.1) is 11.8 Å². The normalized spacial score (nSPS) is 23.5. The lowest BCUT2D eigenvalue weighted by Gasteiger charge is -2.55. The molecule has 34 heavy (non-hydrogen) atoms. The maximum absolute atomic E-state index is 13.0. The summed E-state index contributed by atoms with van der Waals surface area (Å²) in [7, 11) is 0. The minimum absolute atomic E-state index is 0.0221. The number of halogens is 1. The summed E-state index contributed by atoms with van der Waals surface area (Å²) >= 11 is 7.39. The topological polar surface area (TPSA) is 110 Å². The van der Waals surface area contributed by atoms with Gasteiger partial charge >= 0.3 is 5.97 Å². The Bertz CT molecular complexity index is 1140. The Morgan fingerprint density at radius 2 is 1.88 bits per heavy atom. The second kappa shape index (κ2) is 9.27. The van der Waals surface area contributed by atoms with E-state index in [-0.39, 0.29) is 36.0 Å². The first kappa shape index (κ1) is 24.0. The minimum atomic E-state index is -0.913. The maximum Gasteiger partial charge on any atom is 0.314 e. The van der Waals surface area contributed by atoms with Crippen molar-refractivity contribution in [1.29, 1.82) is 0 Å². The number of nitro benzene ring substituents is 1. The number of β-lactam (4-membered cyclic amide) rings is 1. The molecule has 2 saturated heterocycles. The first-order valence-corrected chi connectivity index (χ1v) is 11.9. The van der Waals surface area contributed by atoms with Gasteiger partial charge in [0.1, 0.15) is 18.0 Å². The number of ether oxygens (including phenoxy) is 1. The van der Waals surface area contributed by atoms with Gasteiger partial charge in [-0.25, -0.2) is 0 Å². The van der Waals surface area contributed by atoms with Crippen molar-refractivity contribution in [2.24, 2.45) is 5.41 Å². The van der Waals surface area contributed by atoms with Gasteiger partial charge in [-0.05, 0) is 48.9 Å². The second-order valence-electron chi connectivity index (χ2n) is 8.54. The quantitative estimate of drug-likeness (QED) is 0.256. The molecule has 0 aromatic heterocycles. The van der Waals surface area contributed by atoms with Crippen LogP contribution in [0.5, 0.6) is 0 Å². The molecule has 0 radical (unpaired) electrons. The number of amides is 2. The second-order valence-corrected chi connectivity index (χ2v) is 10.1. The molecular formula is C23H22ClN3O6S.